The fourth-order valence-corrected chi connectivity index (χ4v) is 12.7. The molecule has 0 amide bonds. The minimum atomic E-state index is -4.12. The highest BCUT2D eigenvalue weighted by Crippen LogP contribution is 2.23. The summed E-state index contributed by atoms with van der Waals surface area (Å²) in [5, 5.41) is 0. The van der Waals surface area contributed by atoms with Crippen LogP contribution in [0.15, 0.2) is 72.8 Å². The van der Waals surface area contributed by atoms with Gasteiger partial charge in [0.15, 0.2) is 17.3 Å². The molecule has 85 heavy (non-hydrogen) atoms. The monoisotopic (exact) mass is 1190 g/mol. The van der Waals surface area contributed by atoms with Gasteiger partial charge in [-0.05, 0) is 37.5 Å². The molecule has 0 aliphatic heterocycles. The quantitative estimate of drug-likeness (QED) is 0.0308. The van der Waals surface area contributed by atoms with Crippen LogP contribution in [0, 0.1) is 0 Å². The third-order valence-corrected chi connectivity index (χ3v) is 18.2. The fraction of sp³-hybridized carbons (Fsp3) is 0.680. The lowest BCUT2D eigenvalue weighted by atomic mass is 9.99. The van der Waals surface area contributed by atoms with Gasteiger partial charge in [-0.3, -0.25) is 14.4 Å². The fourth-order valence-electron chi connectivity index (χ4n) is 11.6. The number of ketones is 3. The Labute approximate surface area is 522 Å². The minimum absolute atomic E-state index is 0.0313. The second-order valence-electron chi connectivity index (χ2n) is 24.5. The van der Waals surface area contributed by atoms with Crippen LogP contribution in [0.25, 0.3) is 0 Å². The lowest BCUT2D eigenvalue weighted by Gasteiger charge is -2.16. The van der Waals surface area contributed by atoms with Gasteiger partial charge in [-0.1, -0.05) is 345 Å². The Kier molecular flexibility index (Phi) is 45.5. The first-order valence-electron chi connectivity index (χ1n) is 35.2. The zero-order valence-electron chi connectivity index (χ0n) is 54.1. The van der Waals surface area contributed by atoms with Crippen LogP contribution >= 0.6 is 0 Å². The van der Waals surface area contributed by atoms with Gasteiger partial charge in [-0.25, -0.2) is 14.4 Å². The molecule has 3 rings (SSSR count). The van der Waals surface area contributed by atoms with E-state index in [0.717, 1.165) is 57.8 Å². The van der Waals surface area contributed by atoms with Gasteiger partial charge >= 0.3 is 33.1 Å². The van der Waals surface area contributed by atoms with Gasteiger partial charge in [0.25, 0.3) is 0 Å². The van der Waals surface area contributed by atoms with Crippen molar-refractivity contribution in [3.05, 3.63) is 106 Å². The number of unbranched alkanes of at least 4 members (excludes halogenated alkanes) is 42. The molecular weight excluding hydrogens is 1070 g/mol. The average molecular weight is 1190 g/mol. The molecule has 0 aliphatic rings. The van der Waals surface area contributed by atoms with Crippen molar-refractivity contribution in [2.45, 2.75) is 329 Å². The smallest absolute Gasteiger partial charge is 0.547 e. The lowest BCUT2D eigenvalue weighted by molar-refractivity contribution is 0.0404. The van der Waals surface area contributed by atoms with E-state index in [-0.39, 0.29) is 70.0 Å². The van der Waals surface area contributed by atoms with E-state index in [4.69, 9.17) is 11.4 Å². The summed E-state index contributed by atoms with van der Waals surface area (Å²) in [6.07, 6.45) is 55.3. The molecule has 0 aromatic heterocycles. The zero-order valence-corrected chi connectivity index (χ0v) is 55.3. The van der Waals surface area contributed by atoms with Crippen molar-refractivity contribution < 1.29 is 40.1 Å². The summed E-state index contributed by atoms with van der Waals surface area (Å²) in [4.78, 5) is 83.8. The molecule has 0 saturated carbocycles. The Hall–Kier alpha value is -4.39. The van der Waals surface area contributed by atoms with Gasteiger partial charge in [0.1, 0.15) is 0 Å². The third kappa shape index (κ3) is 35.9. The highest BCUT2D eigenvalue weighted by Gasteiger charge is 2.50. The van der Waals surface area contributed by atoms with Crippen LogP contribution in [-0.4, -0.2) is 50.4 Å². The predicted molar refractivity (Wildman–Crippen MR) is 353 cm³/mol. The number of benzene rings is 3. The molecule has 0 bridgehead atoms. The molecule has 10 heteroatoms. The second-order valence-corrected chi connectivity index (χ2v) is 25.8. The largest absolute Gasteiger partial charge is 1.20 e. The Balaban J connectivity index is 1.61. The van der Waals surface area contributed by atoms with Crippen LogP contribution in [0.2, 0.25) is 0 Å². The van der Waals surface area contributed by atoms with Gasteiger partial charge in [-0.2, -0.15) is 0 Å². The average Bonchev–Trinajstić information content (AvgIpc) is 3.72. The zero-order chi connectivity index (χ0) is 61.1. The number of rotatable bonds is 57. The minimum Gasteiger partial charge on any atom is -0.547 e. The second kappa shape index (κ2) is 51.6. The molecular formula is C75H117AlO9. The lowest BCUT2D eigenvalue weighted by Crippen LogP contribution is -2.36. The van der Waals surface area contributed by atoms with Crippen molar-refractivity contribution in [3.63, 3.8) is 0 Å². The van der Waals surface area contributed by atoms with E-state index in [0.29, 0.717) is 19.3 Å². The van der Waals surface area contributed by atoms with E-state index in [1.54, 1.807) is 54.6 Å². The molecule has 0 fully saturated rings. The van der Waals surface area contributed by atoms with Crippen molar-refractivity contribution in [1.29, 1.82) is 0 Å². The van der Waals surface area contributed by atoms with Gasteiger partial charge < -0.3 is 11.4 Å². The summed E-state index contributed by atoms with van der Waals surface area (Å²) >= 11 is -4.12. The molecule has 0 spiro atoms. The molecule has 0 unspecified atom stereocenters. The number of Topliss-reactive ketones (excluding diaryl/α,β-unsaturated/α-hetero) is 3. The summed E-state index contributed by atoms with van der Waals surface area (Å²) in [7, 11) is 0. The standard InChI is InChI=1S/3C25H40O3.Al/c3*1-2-3-4-5-6-7-8-9-10-11-12-13-14-15-16-21-24(26)22-19-17-18-20-23(22)25(27)28;/h3*17-20H,2-16,21H2,1H3,(H,27,28);/q;;;+3/p-3. The first-order valence-corrected chi connectivity index (χ1v) is 36.6. The van der Waals surface area contributed by atoms with Crippen molar-refractivity contribution in [2.75, 3.05) is 0 Å². The van der Waals surface area contributed by atoms with Gasteiger partial charge in [0.05, 0.1) is 16.7 Å². The molecule has 0 aliphatic carbocycles. The summed E-state index contributed by atoms with van der Waals surface area (Å²) in [5.74, 6) is -3.57. The van der Waals surface area contributed by atoms with Gasteiger partial charge in [0, 0.05) is 36.0 Å². The molecule has 9 nitrogen and oxygen atoms in total. The molecule has 0 N–H and O–H groups in total. The highest BCUT2D eigenvalue weighted by atomic mass is 27.3. The van der Waals surface area contributed by atoms with Crippen molar-refractivity contribution >= 4 is 50.4 Å². The van der Waals surface area contributed by atoms with E-state index < -0.39 is 33.1 Å². The topological polar surface area (TPSA) is 130 Å². The maximum absolute atomic E-state index is 14.2. The Morgan fingerprint density at radius 1 is 0.235 bits per heavy atom. The summed E-state index contributed by atoms with van der Waals surface area (Å²) < 4.78 is 17.6. The Morgan fingerprint density at radius 2 is 0.388 bits per heavy atom. The first-order chi connectivity index (χ1) is 41.7. The van der Waals surface area contributed by atoms with E-state index in [9.17, 15) is 28.8 Å². The SMILES string of the molecule is CCCCCCCCCCCCCCCCCC(=O)c1ccccc1C(=O)[O][Al]([O]C(=O)c1ccccc1C(=O)CCCCCCCCCCCCCCCCC)[O]C(=O)c1ccccc1C(=O)CCCCCCCCCCCCCCCCC. The summed E-state index contributed by atoms with van der Waals surface area (Å²) in [5.41, 5.74) is 0.428. The third-order valence-electron chi connectivity index (χ3n) is 17.0. The summed E-state index contributed by atoms with van der Waals surface area (Å²) in [6.45, 7) is 6.77. The number of carbonyl (C=O) groups excluding carboxylic acids is 6. The van der Waals surface area contributed by atoms with Crippen LogP contribution in [0.3, 0.4) is 0 Å². The molecule has 3 aromatic rings. The van der Waals surface area contributed by atoms with Gasteiger partial charge in [-0.15, -0.1) is 0 Å². The molecule has 0 saturated heterocycles. The summed E-state index contributed by atoms with van der Waals surface area (Å²) in [6, 6.07) is 19.1. The molecule has 0 radical (unpaired) electrons. The van der Waals surface area contributed by atoms with Crippen molar-refractivity contribution in [3.8, 4) is 0 Å². The van der Waals surface area contributed by atoms with Crippen LogP contribution in [0.4, 0.5) is 0 Å². The Bertz CT molecular complexity index is 1990. The van der Waals surface area contributed by atoms with E-state index >= 15 is 0 Å². The first kappa shape index (κ1) is 74.9. The van der Waals surface area contributed by atoms with Crippen LogP contribution in [0.1, 0.15) is 391 Å². The molecule has 0 atom stereocenters. The number of hydrogen-bond acceptors (Lipinski definition) is 9. The Morgan fingerprint density at radius 3 is 0.565 bits per heavy atom. The predicted octanol–water partition coefficient (Wildman–Crippen LogP) is 22.9. The maximum atomic E-state index is 14.2. The molecule has 3 aromatic carbocycles. The maximum Gasteiger partial charge on any atom is 1.20 e. The number of hydrogen-bond donors (Lipinski definition) is 0. The van der Waals surface area contributed by atoms with E-state index in [1.807, 2.05) is 0 Å². The van der Waals surface area contributed by atoms with Gasteiger partial charge in [0.2, 0.25) is 0 Å². The van der Waals surface area contributed by atoms with E-state index in [2.05, 4.69) is 20.8 Å². The highest BCUT2D eigenvalue weighted by molar-refractivity contribution is 6.46. The van der Waals surface area contributed by atoms with Crippen LogP contribution < -0.4 is 0 Å². The molecule has 0 heterocycles. The van der Waals surface area contributed by atoms with E-state index in [1.165, 1.54) is 230 Å². The van der Waals surface area contributed by atoms with Crippen molar-refractivity contribution in [2.24, 2.45) is 0 Å². The van der Waals surface area contributed by atoms with Crippen molar-refractivity contribution in [1.82, 2.24) is 0 Å². The molecule has 474 valence electrons. The van der Waals surface area contributed by atoms with Crippen LogP contribution in [-0.2, 0) is 11.4 Å². The van der Waals surface area contributed by atoms with Crippen LogP contribution in [0.5, 0.6) is 0 Å². The normalized spacial score (nSPS) is 11.2. The number of carbonyl (C=O) groups is 6.